The number of carboxylic acids is 1. The lowest BCUT2D eigenvalue weighted by Gasteiger charge is -2.24. The Bertz CT molecular complexity index is 1650. The van der Waals surface area contributed by atoms with Crippen molar-refractivity contribution >= 4 is 46.7 Å². The number of halogens is 4. The monoisotopic (exact) mass is 629 g/mol. The molecule has 216 valence electrons. The Morgan fingerprint density at radius 2 is 1.64 bits per heavy atom. The first-order valence-corrected chi connectivity index (χ1v) is 14.0. The Morgan fingerprint density at radius 3 is 2.38 bits per heavy atom. The van der Waals surface area contributed by atoms with Gasteiger partial charge in [0, 0.05) is 28.8 Å². The van der Waals surface area contributed by atoms with E-state index in [4.69, 9.17) is 49.0 Å². The van der Waals surface area contributed by atoms with Gasteiger partial charge in [-0.2, -0.15) is 0 Å². The van der Waals surface area contributed by atoms with Gasteiger partial charge in [0.2, 0.25) is 0 Å². The normalized spacial score (nSPS) is 14.0. The van der Waals surface area contributed by atoms with E-state index >= 15 is 0 Å². The summed E-state index contributed by atoms with van der Waals surface area (Å²) < 4.78 is 31.4. The maximum atomic E-state index is 14.0. The number of ether oxygens (including phenoxy) is 3. The van der Waals surface area contributed by atoms with Gasteiger partial charge >= 0.3 is 5.97 Å². The molecule has 0 fully saturated rings. The second-order valence-corrected chi connectivity index (χ2v) is 10.7. The van der Waals surface area contributed by atoms with Crippen LogP contribution in [0.15, 0.2) is 72.8 Å². The van der Waals surface area contributed by atoms with Gasteiger partial charge in [0.15, 0.2) is 0 Å². The second kappa shape index (κ2) is 12.9. The molecule has 0 saturated carbocycles. The van der Waals surface area contributed by atoms with Crippen LogP contribution < -0.4 is 19.5 Å². The molecule has 0 bridgehead atoms. The molecular formula is C31H23Cl3FNO6. The summed E-state index contributed by atoms with van der Waals surface area (Å²) in [5.41, 5.74) is 1.43. The minimum atomic E-state index is -0.939. The van der Waals surface area contributed by atoms with E-state index < -0.39 is 17.7 Å². The van der Waals surface area contributed by atoms with Crippen molar-refractivity contribution < 1.29 is 33.3 Å². The third kappa shape index (κ3) is 6.90. The van der Waals surface area contributed by atoms with Crippen molar-refractivity contribution in [3.8, 4) is 28.7 Å². The van der Waals surface area contributed by atoms with Crippen LogP contribution in [0.5, 0.6) is 28.7 Å². The summed E-state index contributed by atoms with van der Waals surface area (Å²) in [6.07, 6.45) is 0.657. The van der Waals surface area contributed by atoms with E-state index in [1.165, 1.54) is 18.2 Å². The zero-order valence-corrected chi connectivity index (χ0v) is 24.1. The first kappa shape index (κ1) is 29.5. The SMILES string of the molecule is O=C(NCCc1cc(F)ccc1Oc1ccc(Cl)cc1Cl)c1ccc(Oc2cc3c(cc2Cl)C(C(=O)O)CCO3)cc1. The molecule has 7 nitrogen and oxygen atoms in total. The standard InChI is InChI=1S/C31H23Cl3FNO6/c32-19-3-7-27(24(33)14-19)42-26-8-4-20(35)13-18(26)9-11-36-30(37)17-1-5-21(6-2-17)41-29-16-28-23(15-25(29)34)22(31(38)39)10-12-40-28/h1-8,13-16,22H,9-12H2,(H,36,37)(H,38,39). The number of carbonyl (C=O) groups is 2. The number of hydrogen-bond acceptors (Lipinski definition) is 5. The van der Waals surface area contributed by atoms with Crippen LogP contribution >= 0.6 is 34.8 Å². The molecule has 0 aliphatic carbocycles. The van der Waals surface area contributed by atoms with E-state index in [0.29, 0.717) is 68.3 Å². The van der Waals surface area contributed by atoms with Crippen LogP contribution in [-0.2, 0) is 11.2 Å². The van der Waals surface area contributed by atoms with E-state index in [9.17, 15) is 19.1 Å². The molecule has 1 heterocycles. The van der Waals surface area contributed by atoms with E-state index in [1.807, 2.05) is 0 Å². The lowest BCUT2D eigenvalue weighted by Crippen LogP contribution is -2.25. The summed E-state index contributed by atoms with van der Waals surface area (Å²) in [5.74, 6) is -0.504. The highest BCUT2D eigenvalue weighted by molar-refractivity contribution is 6.35. The minimum Gasteiger partial charge on any atom is -0.493 e. The van der Waals surface area contributed by atoms with Gasteiger partial charge in [-0.1, -0.05) is 34.8 Å². The second-order valence-electron chi connectivity index (χ2n) is 9.41. The number of aliphatic carboxylic acids is 1. The van der Waals surface area contributed by atoms with Crippen molar-refractivity contribution in [3.63, 3.8) is 0 Å². The average molecular weight is 631 g/mol. The lowest BCUT2D eigenvalue weighted by molar-refractivity contribution is -0.139. The molecule has 1 atom stereocenters. The van der Waals surface area contributed by atoms with E-state index in [-0.39, 0.29) is 24.1 Å². The number of carboxylic acid groups (broad SMARTS) is 1. The van der Waals surface area contributed by atoms with Gasteiger partial charge in [0.05, 0.1) is 22.6 Å². The molecule has 11 heteroatoms. The van der Waals surface area contributed by atoms with Gasteiger partial charge in [-0.3, -0.25) is 9.59 Å². The maximum Gasteiger partial charge on any atom is 0.311 e. The van der Waals surface area contributed by atoms with Crippen molar-refractivity contribution in [1.29, 1.82) is 0 Å². The van der Waals surface area contributed by atoms with Crippen molar-refractivity contribution in [2.24, 2.45) is 0 Å². The number of hydrogen-bond donors (Lipinski definition) is 2. The van der Waals surface area contributed by atoms with Gasteiger partial charge in [-0.05, 0) is 85.1 Å². The molecule has 42 heavy (non-hydrogen) atoms. The zero-order valence-electron chi connectivity index (χ0n) is 21.8. The van der Waals surface area contributed by atoms with Gasteiger partial charge in [-0.25, -0.2) is 4.39 Å². The molecule has 5 rings (SSSR count). The number of rotatable bonds is 9. The Kier molecular flexibility index (Phi) is 9.06. The summed E-state index contributed by atoms with van der Waals surface area (Å²) in [6, 6.07) is 18.4. The van der Waals surface area contributed by atoms with Crippen LogP contribution in [0.2, 0.25) is 15.1 Å². The summed E-state index contributed by atoms with van der Waals surface area (Å²) in [7, 11) is 0. The fraction of sp³-hybridized carbons (Fsp3) is 0.161. The first-order valence-electron chi connectivity index (χ1n) is 12.8. The number of amides is 1. The molecular weight excluding hydrogens is 608 g/mol. The van der Waals surface area contributed by atoms with Crippen molar-refractivity contribution in [2.75, 3.05) is 13.2 Å². The molecule has 4 aromatic carbocycles. The van der Waals surface area contributed by atoms with Crippen molar-refractivity contribution in [1.82, 2.24) is 5.32 Å². The van der Waals surface area contributed by atoms with Crippen molar-refractivity contribution in [3.05, 3.63) is 110 Å². The summed E-state index contributed by atoms with van der Waals surface area (Å²) in [5, 5.41) is 13.3. The molecule has 1 unspecified atom stereocenters. The molecule has 0 spiro atoms. The van der Waals surface area contributed by atoms with E-state index in [1.54, 1.807) is 54.6 Å². The van der Waals surface area contributed by atoms with Gasteiger partial charge in [0.1, 0.15) is 34.6 Å². The van der Waals surface area contributed by atoms with Gasteiger partial charge in [0.25, 0.3) is 5.91 Å². The smallest absolute Gasteiger partial charge is 0.311 e. The Hall–Kier alpha value is -3.98. The molecule has 0 saturated heterocycles. The van der Waals surface area contributed by atoms with Crippen LogP contribution in [0.3, 0.4) is 0 Å². The number of nitrogens with one attached hydrogen (secondary N) is 1. The summed E-state index contributed by atoms with van der Waals surface area (Å²) in [6.45, 7) is 0.492. The summed E-state index contributed by atoms with van der Waals surface area (Å²) >= 11 is 18.5. The largest absolute Gasteiger partial charge is 0.493 e. The predicted molar refractivity (Wildman–Crippen MR) is 157 cm³/mol. The van der Waals surface area contributed by atoms with Crippen LogP contribution in [0.4, 0.5) is 4.39 Å². The van der Waals surface area contributed by atoms with Gasteiger partial charge in [-0.15, -0.1) is 0 Å². The van der Waals surface area contributed by atoms with Crippen molar-refractivity contribution in [2.45, 2.75) is 18.8 Å². The number of carbonyl (C=O) groups excluding carboxylic acids is 1. The van der Waals surface area contributed by atoms with E-state index in [0.717, 1.165) is 0 Å². The topological polar surface area (TPSA) is 94.1 Å². The molecule has 0 radical (unpaired) electrons. The first-order chi connectivity index (χ1) is 20.2. The third-order valence-corrected chi connectivity index (χ3v) is 7.39. The molecule has 1 aliphatic rings. The highest BCUT2D eigenvalue weighted by Crippen LogP contribution is 2.42. The molecule has 4 aromatic rings. The minimum absolute atomic E-state index is 0.216. The number of fused-ring (bicyclic) bond motifs is 1. The maximum absolute atomic E-state index is 14.0. The van der Waals surface area contributed by atoms with Crippen LogP contribution in [-0.4, -0.2) is 30.1 Å². The average Bonchev–Trinajstić information content (AvgIpc) is 2.96. The Labute approximate surface area is 255 Å². The lowest BCUT2D eigenvalue weighted by atomic mass is 9.93. The third-order valence-electron chi connectivity index (χ3n) is 6.56. The van der Waals surface area contributed by atoms with E-state index in [2.05, 4.69) is 5.32 Å². The predicted octanol–water partition coefficient (Wildman–Crippen LogP) is 8.29. The van der Waals surface area contributed by atoms with Crippen LogP contribution in [0.1, 0.15) is 33.8 Å². The van der Waals surface area contributed by atoms with Crippen LogP contribution in [0, 0.1) is 5.82 Å². The fourth-order valence-corrected chi connectivity index (χ4v) is 5.12. The molecule has 1 aliphatic heterocycles. The molecule has 1 amide bonds. The van der Waals surface area contributed by atoms with Gasteiger partial charge < -0.3 is 24.6 Å². The Balaban J connectivity index is 1.20. The quantitative estimate of drug-likeness (QED) is 0.193. The zero-order chi connectivity index (χ0) is 29.8. The highest BCUT2D eigenvalue weighted by atomic mass is 35.5. The molecule has 0 aromatic heterocycles. The highest BCUT2D eigenvalue weighted by Gasteiger charge is 2.29. The number of benzene rings is 4. The summed E-state index contributed by atoms with van der Waals surface area (Å²) in [4.78, 5) is 24.3. The Morgan fingerprint density at radius 1 is 0.905 bits per heavy atom. The molecule has 2 N–H and O–H groups in total. The fourth-order valence-electron chi connectivity index (χ4n) is 4.46. The van der Waals surface area contributed by atoms with Crippen LogP contribution in [0.25, 0.3) is 0 Å².